The Morgan fingerprint density at radius 3 is 2.26 bits per heavy atom. The lowest BCUT2D eigenvalue weighted by molar-refractivity contribution is 0.0782. The highest BCUT2D eigenvalue weighted by molar-refractivity contribution is 5.10. The average molecular weight is 269 g/mol. The summed E-state index contributed by atoms with van der Waals surface area (Å²) < 4.78 is 0. The first kappa shape index (κ1) is 17.0. The van der Waals surface area contributed by atoms with E-state index in [-0.39, 0.29) is 6.10 Å². The molecule has 1 fully saturated rings. The van der Waals surface area contributed by atoms with Crippen LogP contribution in [0, 0.1) is 23.2 Å². The van der Waals surface area contributed by atoms with Gasteiger partial charge in [-0.25, -0.2) is 0 Å². The quantitative estimate of drug-likeness (QED) is 0.665. The Hall–Kier alpha value is -0.0800. The Labute approximate surface area is 120 Å². The zero-order valence-electron chi connectivity index (χ0n) is 13.7. The molecule has 0 bridgehead atoms. The second-order valence-corrected chi connectivity index (χ2v) is 7.05. The van der Waals surface area contributed by atoms with Crippen molar-refractivity contribution in [3.8, 4) is 0 Å². The molecule has 114 valence electrons. The summed E-state index contributed by atoms with van der Waals surface area (Å²) in [6.07, 6.45) is 6.53. The van der Waals surface area contributed by atoms with Gasteiger partial charge in [-0.05, 0) is 48.9 Å². The molecule has 0 aromatic heterocycles. The number of rotatable bonds is 9. The minimum atomic E-state index is -0.132. The zero-order valence-corrected chi connectivity index (χ0v) is 13.7. The molecule has 0 aromatic rings. The molecule has 1 aliphatic carbocycles. The van der Waals surface area contributed by atoms with E-state index >= 15 is 0 Å². The van der Waals surface area contributed by atoms with E-state index in [1.807, 2.05) is 0 Å². The van der Waals surface area contributed by atoms with Crippen molar-refractivity contribution in [2.45, 2.75) is 85.3 Å². The maximum absolute atomic E-state index is 10.4. The van der Waals surface area contributed by atoms with Crippen LogP contribution in [0.3, 0.4) is 0 Å². The summed E-state index contributed by atoms with van der Waals surface area (Å²) in [7, 11) is 0. The van der Waals surface area contributed by atoms with Crippen molar-refractivity contribution in [1.82, 2.24) is 0 Å². The first-order valence-electron chi connectivity index (χ1n) is 8.34. The van der Waals surface area contributed by atoms with Crippen LogP contribution in [0.1, 0.15) is 73.1 Å². The summed E-state index contributed by atoms with van der Waals surface area (Å²) in [5.74, 6) is 1.83. The predicted molar refractivity (Wildman–Crippen MR) is 83.0 cm³/mol. The topological polar surface area (TPSA) is 46.2 Å². The normalized spacial score (nSPS) is 34.9. The van der Waals surface area contributed by atoms with Crippen LogP contribution < -0.4 is 5.73 Å². The lowest BCUT2D eigenvalue weighted by Crippen LogP contribution is -2.22. The average Bonchev–Trinajstić information content (AvgIpc) is 2.94. The second-order valence-electron chi connectivity index (χ2n) is 7.05. The molecular formula is C17H35NO. The number of hydrogen-bond acceptors (Lipinski definition) is 2. The van der Waals surface area contributed by atoms with Crippen LogP contribution in [0.2, 0.25) is 0 Å². The Balaban J connectivity index is 2.36. The van der Waals surface area contributed by atoms with Gasteiger partial charge in [-0.1, -0.05) is 47.5 Å². The minimum absolute atomic E-state index is 0.132. The molecule has 0 spiro atoms. The molecule has 1 rings (SSSR count). The van der Waals surface area contributed by atoms with Crippen molar-refractivity contribution in [1.29, 1.82) is 0 Å². The van der Waals surface area contributed by atoms with Crippen molar-refractivity contribution in [3.05, 3.63) is 0 Å². The number of nitrogens with two attached hydrogens (primary N) is 1. The molecule has 6 atom stereocenters. The van der Waals surface area contributed by atoms with Crippen molar-refractivity contribution in [2.24, 2.45) is 28.9 Å². The van der Waals surface area contributed by atoms with Crippen LogP contribution in [0.15, 0.2) is 0 Å². The lowest BCUT2D eigenvalue weighted by Gasteiger charge is -2.24. The molecule has 0 aliphatic heterocycles. The smallest absolute Gasteiger partial charge is 0.0568 e. The van der Waals surface area contributed by atoms with Crippen LogP contribution in [0.25, 0.3) is 0 Å². The van der Waals surface area contributed by atoms with Crippen molar-refractivity contribution in [2.75, 3.05) is 0 Å². The summed E-state index contributed by atoms with van der Waals surface area (Å²) in [5.41, 5.74) is 6.52. The largest absolute Gasteiger partial charge is 0.393 e. The van der Waals surface area contributed by atoms with Crippen LogP contribution in [0.5, 0.6) is 0 Å². The van der Waals surface area contributed by atoms with E-state index in [4.69, 9.17) is 5.73 Å². The third kappa shape index (κ3) is 3.95. The van der Waals surface area contributed by atoms with Gasteiger partial charge >= 0.3 is 0 Å². The summed E-state index contributed by atoms with van der Waals surface area (Å²) in [6, 6.07) is 0.361. The van der Waals surface area contributed by atoms with Gasteiger partial charge in [-0.15, -0.1) is 0 Å². The number of aliphatic hydroxyl groups excluding tert-OH is 1. The lowest BCUT2D eigenvalue weighted by atomic mass is 9.85. The minimum Gasteiger partial charge on any atom is -0.393 e. The Kier molecular flexibility index (Phi) is 6.32. The molecule has 5 unspecified atom stereocenters. The van der Waals surface area contributed by atoms with Crippen LogP contribution >= 0.6 is 0 Å². The van der Waals surface area contributed by atoms with E-state index in [1.165, 1.54) is 12.8 Å². The highest BCUT2D eigenvalue weighted by atomic mass is 16.3. The monoisotopic (exact) mass is 269 g/mol. The molecule has 0 aromatic carbocycles. The molecule has 2 nitrogen and oxygen atoms in total. The number of aliphatic hydroxyl groups is 1. The summed E-state index contributed by atoms with van der Waals surface area (Å²) in [5, 5.41) is 10.4. The Bertz CT molecular complexity index is 268. The van der Waals surface area contributed by atoms with Gasteiger partial charge in [0.25, 0.3) is 0 Å². The van der Waals surface area contributed by atoms with Crippen LogP contribution in [-0.2, 0) is 0 Å². The molecule has 0 amide bonds. The van der Waals surface area contributed by atoms with Gasteiger partial charge in [0.05, 0.1) is 6.10 Å². The van der Waals surface area contributed by atoms with E-state index in [0.29, 0.717) is 23.3 Å². The fraction of sp³-hybridized carbons (Fsp3) is 1.00. The molecule has 0 saturated heterocycles. The predicted octanol–water partition coefficient (Wildman–Crippen LogP) is 3.96. The standard InChI is InChI=1S/C17H35NO/c1-6-12(4)11-13(7-2)15(19)10-9-14-16(18)17(14,5)8-3/h12-16,19H,6-11,18H2,1-5H3/t12?,13?,14?,15-,16?,17?/m0/s1. The third-order valence-corrected chi connectivity index (χ3v) is 5.94. The molecule has 2 heteroatoms. The molecule has 0 heterocycles. The van der Waals surface area contributed by atoms with Crippen molar-refractivity contribution in [3.63, 3.8) is 0 Å². The highest BCUT2D eigenvalue weighted by Gasteiger charge is 2.56. The van der Waals surface area contributed by atoms with E-state index in [9.17, 15) is 5.11 Å². The molecular weight excluding hydrogens is 234 g/mol. The van der Waals surface area contributed by atoms with Gasteiger partial charge in [0.1, 0.15) is 0 Å². The summed E-state index contributed by atoms with van der Waals surface area (Å²) >= 11 is 0. The van der Waals surface area contributed by atoms with Gasteiger partial charge < -0.3 is 10.8 Å². The zero-order chi connectivity index (χ0) is 14.6. The van der Waals surface area contributed by atoms with Gasteiger partial charge in [-0.3, -0.25) is 0 Å². The first-order valence-corrected chi connectivity index (χ1v) is 8.34. The number of hydrogen-bond donors (Lipinski definition) is 2. The molecule has 0 radical (unpaired) electrons. The maximum Gasteiger partial charge on any atom is 0.0568 e. The van der Waals surface area contributed by atoms with Crippen molar-refractivity contribution >= 4 is 0 Å². The van der Waals surface area contributed by atoms with Gasteiger partial charge in [0, 0.05) is 6.04 Å². The first-order chi connectivity index (χ1) is 8.90. The van der Waals surface area contributed by atoms with E-state index in [0.717, 1.165) is 31.6 Å². The third-order valence-electron chi connectivity index (χ3n) is 5.94. The van der Waals surface area contributed by atoms with Crippen molar-refractivity contribution < 1.29 is 5.11 Å². The van der Waals surface area contributed by atoms with E-state index in [2.05, 4.69) is 34.6 Å². The highest BCUT2D eigenvalue weighted by Crippen LogP contribution is 2.55. The Morgan fingerprint density at radius 1 is 1.21 bits per heavy atom. The van der Waals surface area contributed by atoms with Gasteiger partial charge in [0.2, 0.25) is 0 Å². The fourth-order valence-electron chi connectivity index (χ4n) is 3.57. The maximum atomic E-state index is 10.4. The van der Waals surface area contributed by atoms with Crippen LogP contribution in [-0.4, -0.2) is 17.3 Å². The Morgan fingerprint density at radius 2 is 1.84 bits per heavy atom. The molecule has 1 aliphatic rings. The fourth-order valence-corrected chi connectivity index (χ4v) is 3.57. The second kappa shape index (κ2) is 7.08. The van der Waals surface area contributed by atoms with E-state index in [1.54, 1.807) is 0 Å². The van der Waals surface area contributed by atoms with Crippen LogP contribution in [0.4, 0.5) is 0 Å². The van der Waals surface area contributed by atoms with E-state index < -0.39 is 0 Å². The summed E-state index contributed by atoms with van der Waals surface area (Å²) in [6.45, 7) is 11.3. The van der Waals surface area contributed by atoms with Gasteiger partial charge in [0.15, 0.2) is 0 Å². The summed E-state index contributed by atoms with van der Waals surface area (Å²) in [4.78, 5) is 0. The van der Waals surface area contributed by atoms with Gasteiger partial charge in [-0.2, -0.15) is 0 Å². The molecule has 3 N–H and O–H groups in total. The molecule has 19 heavy (non-hydrogen) atoms. The molecule has 1 saturated carbocycles. The SMILES string of the molecule is CCC(C)CC(CC)[C@@H](O)CCC1C(N)C1(C)CC.